The normalized spacial score (nSPS) is 10.5. The van der Waals surface area contributed by atoms with Gasteiger partial charge in [-0.2, -0.15) is 0 Å². The molecule has 0 aliphatic rings. The highest BCUT2D eigenvalue weighted by molar-refractivity contribution is 6.17. The van der Waals surface area contributed by atoms with Gasteiger partial charge in [0.15, 0.2) is 5.78 Å². The Morgan fingerprint density at radius 1 is 1.31 bits per heavy atom. The first-order valence-corrected chi connectivity index (χ1v) is 6.01. The fraction of sp³-hybridized carbons (Fsp3) is 0.462. The van der Waals surface area contributed by atoms with Crippen molar-refractivity contribution in [2.45, 2.75) is 20.3 Å². The zero-order valence-electron chi connectivity index (χ0n) is 9.70. The minimum absolute atomic E-state index is 0.0306. The summed E-state index contributed by atoms with van der Waals surface area (Å²) < 4.78 is 5.45. The van der Waals surface area contributed by atoms with Crippen molar-refractivity contribution >= 4 is 17.4 Å². The van der Waals surface area contributed by atoms with Crippen LogP contribution in [0.2, 0.25) is 0 Å². The van der Waals surface area contributed by atoms with E-state index < -0.39 is 0 Å². The van der Waals surface area contributed by atoms with Crippen LogP contribution in [0.4, 0.5) is 0 Å². The molecule has 0 saturated heterocycles. The minimum Gasteiger partial charge on any atom is -0.494 e. The summed E-state index contributed by atoms with van der Waals surface area (Å²) in [6.45, 7) is 4.40. The summed E-state index contributed by atoms with van der Waals surface area (Å²) in [6, 6.07) is 7.25. The lowest BCUT2D eigenvalue weighted by molar-refractivity contribution is 0.0939. The van der Waals surface area contributed by atoms with Gasteiger partial charge < -0.3 is 4.74 Å². The van der Waals surface area contributed by atoms with Gasteiger partial charge in [-0.25, -0.2) is 0 Å². The molecule has 0 fully saturated rings. The molecule has 1 aromatic carbocycles. The third-order valence-electron chi connectivity index (χ3n) is 2.21. The van der Waals surface area contributed by atoms with Crippen LogP contribution in [-0.2, 0) is 0 Å². The van der Waals surface area contributed by atoms with Gasteiger partial charge in [0.05, 0.1) is 6.61 Å². The lowest BCUT2D eigenvalue weighted by Crippen LogP contribution is -2.07. The second-order valence-corrected chi connectivity index (χ2v) is 4.31. The molecule has 0 spiro atoms. The summed E-state index contributed by atoms with van der Waals surface area (Å²) in [5.41, 5.74) is 0.736. The second kappa shape index (κ2) is 6.54. The van der Waals surface area contributed by atoms with Crippen molar-refractivity contribution in [3.05, 3.63) is 29.8 Å². The Bertz CT molecular complexity index is 330. The van der Waals surface area contributed by atoms with Crippen molar-refractivity contribution in [3.8, 4) is 5.75 Å². The van der Waals surface area contributed by atoms with Gasteiger partial charge in [0.1, 0.15) is 5.75 Å². The molecule has 0 atom stereocenters. The van der Waals surface area contributed by atoms with Crippen molar-refractivity contribution in [2.24, 2.45) is 5.92 Å². The van der Waals surface area contributed by atoms with E-state index in [1.165, 1.54) is 0 Å². The monoisotopic (exact) mass is 240 g/mol. The SMILES string of the molecule is CC(C)C(=O)c1ccc(OCCCCl)cc1. The zero-order chi connectivity index (χ0) is 12.0. The van der Waals surface area contributed by atoms with Crippen molar-refractivity contribution in [1.29, 1.82) is 0 Å². The number of rotatable bonds is 6. The smallest absolute Gasteiger partial charge is 0.165 e. The molecule has 0 unspecified atom stereocenters. The zero-order valence-corrected chi connectivity index (χ0v) is 10.5. The number of ether oxygens (including phenoxy) is 1. The number of ketones is 1. The third-order valence-corrected chi connectivity index (χ3v) is 2.48. The molecule has 0 N–H and O–H groups in total. The Balaban J connectivity index is 2.57. The summed E-state index contributed by atoms with van der Waals surface area (Å²) in [5.74, 6) is 1.57. The van der Waals surface area contributed by atoms with Gasteiger partial charge in [-0.15, -0.1) is 11.6 Å². The van der Waals surface area contributed by atoms with Crippen LogP contribution in [0.1, 0.15) is 30.6 Å². The molecule has 1 rings (SSSR count). The first-order valence-electron chi connectivity index (χ1n) is 5.48. The van der Waals surface area contributed by atoms with Gasteiger partial charge in [-0.3, -0.25) is 4.79 Å². The summed E-state index contributed by atoms with van der Waals surface area (Å²) >= 11 is 5.54. The highest BCUT2D eigenvalue weighted by atomic mass is 35.5. The molecule has 0 aromatic heterocycles. The topological polar surface area (TPSA) is 26.3 Å². The number of hydrogen-bond acceptors (Lipinski definition) is 2. The van der Waals surface area contributed by atoms with Crippen LogP contribution >= 0.6 is 11.6 Å². The molecule has 0 amide bonds. The maximum atomic E-state index is 11.7. The molecule has 2 nitrogen and oxygen atoms in total. The number of benzene rings is 1. The molecular weight excluding hydrogens is 224 g/mol. The minimum atomic E-state index is 0.0306. The Morgan fingerprint density at radius 3 is 2.44 bits per heavy atom. The van der Waals surface area contributed by atoms with Crippen LogP contribution < -0.4 is 4.74 Å². The highest BCUT2D eigenvalue weighted by Gasteiger charge is 2.09. The van der Waals surface area contributed by atoms with Crippen LogP contribution in [0.5, 0.6) is 5.75 Å². The van der Waals surface area contributed by atoms with E-state index in [2.05, 4.69) is 0 Å². The number of Topliss-reactive ketones (excluding diaryl/α,β-unsaturated/α-hetero) is 1. The predicted molar refractivity (Wildman–Crippen MR) is 66.4 cm³/mol. The van der Waals surface area contributed by atoms with Crippen LogP contribution in [-0.4, -0.2) is 18.3 Å². The standard InChI is InChI=1S/C13H17ClO2/c1-10(2)13(15)11-4-6-12(7-5-11)16-9-3-8-14/h4-7,10H,3,8-9H2,1-2H3. The molecule has 3 heteroatoms. The third kappa shape index (κ3) is 3.86. The van der Waals surface area contributed by atoms with Crippen molar-refractivity contribution in [3.63, 3.8) is 0 Å². The van der Waals surface area contributed by atoms with Crippen LogP contribution in [0.15, 0.2) is 24.3 Å². The van der Waals surface area contributed by atoms with Crippen LogP contribution in [0.3, 0.4) is 0 Å². The lowest BCUT2D eigenvalue weighted by Gasteiger charge is -2.07. The number of hydrogen-bond donors (Lipinski definition) is 0. The van der Waals surface area contributed by atoms with E-state index in [-0.39, 0.29) is 11.7 Å². The Kier molecular flexibility index (Phi) is 5.33. The maximum Gasteiger partial charge on any atom is 0.165 e. The summed E-state index contributed by atoms with van der Waals surface area (Å²) in [6.07, 6.45) is 0.828. The van der Waals surface area contributed by atoms with E-state index in [4.69, 9.17) is 16.3 Å². The van der Waals surface area contributed by atoms with E-state index in [1.807, 2.05) is 26.0 Å². The molecule has 0 aliphatic carbocycles. The molecular formula is C13H17ClO2. The molecule has 0 radical (unpaired) electrons. The Hall–Kier alpha value is -1.02. The van der Waals surface area contributed by atoms with E-state index in [9.17, 15) is 4.79 Å². The van der Waals surface area contributed by atoms with E-state index in [1.54, 1.807) is 12.1 Å². The number of carbonyl (C=O) groups excluding carboxylic acids is 1. The summed E-state index contributed by atoms with van der Waals surface area (Å²) in [5, 5.41) is 0. The average molecular weight is 241 g/mol. The van der Waals surface area contributed by atoms with E-state index in [0.717, 1.165) is 17.7 Å². The van der Waals surface area contributed by atoms with Gasteiger partial charge >= 0.3 is 0 Å². The molecule has 0 bridgehead atoms. The van der Waals surface area contributed by atoms with Gasteiger partial charge in [0.25, 0.3) is 0 Å². The second-order valence-electron chi connectivity index (χ2n) is 3.93. The molecule has 0 aliphatic heterocycles. The first kappa shape index (κ1) is 13.0. The van der Waals surface area contributed by atoms with E-state index >= 15 is 0 Å². The molecule has 0 saturated carbocycles. The van der Waals surface area contributed by atoms with Gasteiger partial charge in [0, 0.05) is 17.4 Å². The van der Waals surface area contributed by atoms with Gasteiger partial charge in [0.2, 0.25) is 0 Å². The van der Waals surface area contributed by atoms with Gasteiger partial charge in [-0.1, -0.05) is 13.8 Å². The average Bonchev–Trinajstić information content (AvgIpc) is 2.29. The predicted octanol–water partition coefficient (Wildman–Crippen LogP) is 3.53. The van der Waals surface area contributed by atoms with Crippen LogP contribution in [0, 0.1) is 5.92 Å². The molecule has 0 heterocycles. The molecule has 88 valence electrons. The highest BCUT2D eigenvalue weighted by Crippen LogP contribution is 2.15. The first-order chi connectivity index (χ1) is 7.65. The van der Waals surface area contributed by atoms with Crippen LogP contribution in [0.25, 0.3) is 0 Å². The van der Waals surface area contributed by atoms with Crippen molar-refractivity contribution in [1.82, 2.24) is 0 Å². The van der Waals surface area contributed by atoms with E-state index in [0.29, 0.717) is 12.5 Å². The molecule has 1 aromatic rings. The fourth-order valence-electron chi connectivity index (χ4n) is 1.29. The largest absolute Gasteiger partial charge is 0.494 e. The Labute approximate surface area is 102 Å². The lowest BCUT2D eigenvalue weighted by atomic mass is 10.0. The fourth-order valence-corrected chi connectivity index (χ4v) is 1.40. The quantitative estimate of drug-likeness (QED) is 0.432. The number of carbonyl (C=O) groups is 1. The van der Waals surface area contributed by atoms with Crippen molar-refractivity contribution in [2.75, 3.05) is 12.5 Å². The number of alkyl halides is 1. The van der Waals surface area contributed by atoms with Gasteiger partial charge in [-0.05, 0) is 30.7 Å². The van der Waals surface area contributed by atoms with Crippen molar-refractivity contribution < 1.29 is 9.53 Å². The summed E-state index contributed by atoms with van der Waals surface area (Å²) in [7, 11) is 0. The summed E-state index contributed by atoms with van der Waals surface area (Å²) in [4.78, 5) is 11.7. The maximum absolute atomic E-state index is 11.7. The number of halogens is 1. The molecule has 16 heavy (non-hydrogen) atoms. The Morgan fingerprint density at radius 2 is 1.94 bits per heavy atom.